The van der Waals surface area contributed by atoms with E-state index < -0.39 is 12.0 Å². The van der Waals surface area contributed by atoms with Gasteiger partial charge in [0, 0.05) is 13.0 Å². The second-order valence-electron chi connectivity index (χ2n) is 4.08. The first-order valence-corrected chi connectivity index (χ1v) is 5.38. The second kappa shape index (κ2) is 4.45. The minimum absolute atomic E-state index is 0.112. The highest BCUT2D eigenvalue weighted by Crippen LogP contribution is 2.22. The van der Waals surface area contributed by atoms with Crippen LogP contribution in [0, 0.1) is 0 Å². The maximum absolute atomic E-state index is 11.6. The molecule has 17 heavy (non-hydrogen) atoms. The molecule has 0 aromatic heterocycles. The number of phenols is 1. The number of hydrogen-bond acceptors (Lipinski definition) is 3. The Hall–Kier alpha value is -2.04. The molecule has 5 nitrogen and oxygen atoms in total. The van der Waals surface area contributed by atoms with Crippen LogP contribution in [-0.4, -0.2) is 33.0 Å². The molecule has 1 aromatic rings. The second-order valence-corrected chi connectivity index (χ2v) is 4.08. The first-order valence-electron chi connectivity index (χ1n) is 5.38. The van der Waals surface area contributed by atoms with Crippen molar-refractivity contribution in [1.29, 1.82) is 0 Å². The van der Waals surface area contributed by atoms with Crippen LogP contribution in [0.2, 0.25) is 0 Å². The number of carbonyl (C=O) groups excluding carboxylic acids is 1. The molecule has 1 saturated heterocycles. The molecule has 5 heteroatoms. The van der Waals surface area contributed by atoms with Gasteiger partial charge in [-0.25, -0.2) is 4.79 Å². The fourth-order valence-electron chi connectivity index (χ4n) is 2.04. The first kappa shape index (κ1) is 11.4. The number of amides is 1. The lowest BCUT2D eigenvalue weighted by Crippen LogP contribution is -2.37. The highest BCUT2D eigenvalue weighted by Gasteiger charge is 2.35. The van der Waals surface area contributed by atoms with E-state index in [0.29, 0.717) is 6.42 Å². The van der Waals surface area contributed by atoms with Gasteiger partial charge in [0.15, 0.2) is 0 Å². The van der Waals surface area contributed by atoms with Crippen LogP contribution in [0.25, 0.3) is 0 Å². The third-order valence-corrected chi connectivity index (χ3v) is 2.88. The molecular formula is C12H13NO4. The Labute approximate surface area is 98.3 Å². The zero-order valence-corrected chi connectivity index (χ0v) is 9.17. The fraction of sp³-hybridized carbons (Fsp3) is 0.333. The van der Waals surface area contributed by atoms with Crippen LogP contribution in [0.5, 0.6) is 5.75 Å². The molecule has 0 radical (unpaired) electrons. The number of likely N-dealkylation sites (tertiary alicyclic amines) is 1. The molecular weight excluding hydrogens is 222 g/mol. The van der Waals surface area contributed by atoms with Crippen molar-refractivity contribution < 1.29 is 19.8 Å². The molecule has 1 fully saturated rings. The molecule has 0 spiro atoms. The van der Waals surface area contributed by atoms with Crippen LogP contribution in [-0.2, 0) is 16.1 Å². The van der Waals surface area contributed by atoms with Crippen molar-refractivity contribution in [3.8, 4) is 5.75 Å². The summed E-state index contributed by atoms with van der Waals surface area (Å²) in [6.07, 6.45) is 0.628. The molecule has 1 aliphatic heterocycles. The van der Waals surface area contributed by atoms with Gasteiger partial charge in [-0.1, -0.05) is 12.1 Å². The van der Waals surface area contributed by atoms with Crippen molar-refractivity contribution in [2.24, 2.45) is 0 Å². The molecule has 0 aliphatic carbocycles. The highest BCUT2D eigenvalue weighted by molar-refractivity contribution is 5.87. The summed E-state index contributed by atoms with van der Waals surface area (Å²) < 4.78 is 0. The van der Waals surface area contributed by atoms with E-state index in [-0.39, 0.29) is 24.6 Å². The number of nitrogens with zero attached hydrogens (tertiary/aromatic N) is 1. The van der Waals surface area contributed by atoms with E-state index in [0.717, 1.165) is 5.56 Å². The summed E-state index contributed by atoms with van der Waals surface area (Å²) in [5, 5.41) is 18.3. The zero-order valence-electron chi connectivity index (χ0n) is 9.17. The molecule has 1 aromatic carbocycles. The molecule has 1 unspecified atom stereocenters. The van der Waals surface area contributed by atoms with Gasteiger partial charge < -0.3 is 15.1 Å². The normalized spacial score (nSPS) is 19.6. The summed E-state index contributed by atoms with van der Waals surface area (Å²) in [4.78, 5) is 23.9. The minimum atomic E-state index is -0.976. The largest absolute Gasteiger partial charge is 0.508 e. The molecule has 1 heterocycles. The first-order chi connectivity index (χ1) is 8.08. The van der Waals surface area contributed by atoms with Crippen molar-refractivity contribution >= 4 is 11.9 Å². The number of phenolic OH excluding ortho intramolecular Hbond substituents is 1. The van der Waals surface area contributed by atoms with E-state index in [1.165, 1.54) is 17.0 Å². The van der Waals surface area contributed by atoms with E-state index >= 15 is 0 Å². The lowest BCUT2D eigenvalue weighted by Gasteiger charge is -2.21. The Morgan fingerprint density at radius 2 is 2.24 bits per heavy atom. The van der Waals surface area contributed by atoms with Gasteiger partial charge >= 0.3 is 5.97 Å². The molecule has 1 aliphatic rings. The number of carboxylic acid groups (broad SMARTS) is 1. The lowest BCUT2D eigenvalue weighted by atomic mass is 10.2. The van der Waals surface area contributed by atoms with Crippen molar-refractivity contribution in [2.75, 3.05) is 0 Å². The van der Waals surface area contributed by atoms with Gasteiger partial charge in [0.05, 0.1) is 0 Å². The van der Waals surface area contributed by atoms with Gasteiger partial charge in [-0.05, 0) is 24.1 Å². The summed E-state index contributed by atoms with van der Waals surface area (Å²) in [6.45, 7) is 0.226. The third kappa shape index (κ3) is 2.38. The zero-order chi connectivity index (χ0) is 12.4. The van der Waals surface area contributed by atoms with Gasteiger partial charge in [-0.15, -0.1) is 0 Å². The summed E-state index contributed by atoms with van der Waals surface area (Å²) in [5.74, 6) is -1.02. The van der Waals surface area contributed by atoms with Gasteiger partial charge in [0.1, 0.15) is 11.8 Å². The number of carbonyl (C=O) groups is 2. The van der Waals surface area contributed by atoms with E-state index in [2.05, 4.69) is 0 Å². The van der Waals surface area contributed by atoms with Crippen LogP contribution >= 0.6 is 0 Å². The van der Waals surface area contributed by atoms with Gasteiger partial charge in [0.25, 0.3) is 0 Å². The Balaban J connectivity index is 2.16. The van der Waals surface area contributed by atoms with Crippen LogP contribution in [0.15, 0.2) is 24.3 Å². The van der Waals surface area contributed by atoms with Crippen molar-refractivity contribution in [1.82, 2.24) is 4.90 Å². The molecule has 1 amide bonds. The average molecular weight is 235 g/mol. The average Bonchev–Trinajstić information content (AvgIpc) is 2.61. The maximum Gasteiger partial charge on any atom is 0.326 e. The third-order valence-electron chi connectivity index (χ3n) is 2.88. The number of benzene rings is 1. The maximum atomic E-state index is 11.6. The highest BCUT2D eigenvalue weighted by atomic mass is 16.4. The van der Waals surface area contributed by atoms with Crippen LogP contribution in [0.3, 0.4) is 0 Å². The van der Waals surface area contributed by atoms with Crippen molar-refractivity contribution in [3.63, 3.8) is 0 Å². The number of aromatic hydroxyl groups is 1. The summed E-state index contributed by atoms with van der Waals surface area (Å²) in [7, 11) is 0. The standard InChI is InChI=1S/C12H13NO4/c14-9-3-1-2-8(6-9)7-13-10(12(16)17)4-5-11(13)15/h1-3,6,10,14H,4-5,7H2,(H,16,17). The number of carboxylic acids is 1. The fourth-order valence-corrected chi connectivity index (χ4v) is 2.04. The number of rotatable bonds is 3. The van der Waals surface area contributed by atoms with E-state index in [9.17, 15) is 14.7 Å². The van der Waals surface area contributed by atoms with Crippen LogP contribution in [0.1, 0.15) is 18.4 Å². The predicted molar refractivity (Wildman–Crippen MR) is 59.3 cm³/mol. The Kier molecular flexibility index (Phi) is 2.99. The summed E-state index contributed by atoms with van der Waals surface area (Å²) in [5.41, 5.74) is 0.728. The SMILES string of the molecule is O=C(O)C1CCC(=O)N1Cc1cccc(O)c1. The van der Waals surface area contributed by atoms with E-state index in [1.54, 1.807) is 12.1 Å². The van der Waals surface area contributed by atoms with Crippen molar-refractivity contribution in [2.45, 2.75) is 25.4 Å². The molecule has 90 valence electrons. The molecule has 0 saturated carbocycles. The smallest absolute Gasteiger partial charge is 0.326 e. The van der Waals surface area contributed by atoms with Crippen LogP contribution < -0.4 is 0 Å². The molecule has 0 bridgehead atoms. The van der Waals surface area contributed by atoms with Gasteiger partial charge in [-0.2, -0.15) is 0 Å². The quantitative estimate of drug-likeness (QED) is 0.818. The number of aliphatic carboxylic acids is 1. The Morgan fingerprint density at radius 3 is 2.88 bits per heavy atom. The summed E-state index contributed by atoms with van der Waals surface area (Å²) >= 11 is 0. The van der Waals surface area contributed by atoms with Gasteiger partial charge in [-0.3, -0.25) is 4.79 Å². The lowest BCUT2D eigenvalue weighted by molar-refractivity contribution is -0.146. The Bertz CT molecular complexity index is 458. The monoisotopic (exact) mass is 235 g/mol. The number of hydrogen-bond donors (Lipinski definition) is 2. The van der Waals surface area contributed by atoms with E-state index in [1.807, 2.05) is 0 Å². The molecule has 2 N–H and O–H groups in total. The molecule has 2 rings (SSSR count). The van der Waals surface area contributed by atoms with E-state index in [4.69, 9.17) is 5.11 Å². The van der Waals surface area contributed by atoms with Crippen LogP contribution in [0.4, 0.5) is 0 Å². The van der Waals surface area contributed by atoms with Gasteiger partial charge in [0.2, 0.25) is 5.91 Å². The topological polar surface area (TPSA) is 77.8 Å². The Morgan fingerprint density at radius 1 is 1.47 bits per heavy atom. The minimum Gasteiger partial charge on any atom is -0.508 e. The summed E-state index contributed by atoms with van der Waals surface area (Å²) in [6, 6.07) is 5.74. The predicted octanol–water partition coefficient (Wildman–Crippen LogP) is 0.968. The molecule has 1 atom stereocenters. The van der Waals surface area contributed by atoms with Crippen molar-refractivity contribution in [3.05, 3.63) is 29.8 Å².